The SMILES string of the molecule is Cc1ncsc1CN=C(N)N1CCC(C)CC1.I. The first-order valence-corrected chi connectivity index (χ1v) is 6.98. The minimum atomic E-state index is 0. The van der Waals surface area contributed by atoms with Crippen LogP contribution in [0.3, 0.4) is 0 Å². The van der Waals surface area contributed by atoms with Crippen molar-refractivity contribution in [2.75, 3.05) is 13.1 Å². The Morgan fingerprint density at radius 3 is 2.78 bits per heavy atom. The first-order chi connectivity index (χ1) is 8.16. The molecule has 0 aromatic carbocycles. The van der Waals surface area contributed by atoms with E-state index in [1.54, 1.807) is 11.3 Å². The normalized spacial score (nSPS) is 17.7. The summed E-state index contributed by atoms with van der Waals surface area (Å²) < 4.78 is 0. The molecule has 4 nitrogen and oxygen atoms in total. The molecule has 0 radical (unpaired) electrons. The van der Waals surface area contributed by atoms with Crippen LogP contribution in [0.15, 0.2) is 10.5 Å². The highest BCUT2D eigenvalue weighted by Gasteiger charge is 2.16. The monoisotopic (exact) mass is 380 g/mol. The minimum absolute atomic E-state index is 0. The fourth-order valence-electron chi connectivity index (χ4n) is 1.97. The van der Waals surface area contributed by atoms with Gasteiger partial charge in [0.15, 0.2) is 5.96 Å². The molecule has 0 atom stereocenters. The fourth-order valence-corrected chi connectivity index (χ4v) is 2.67. The van der Waals surface area contributed by atoms with Gasteiger partial charge in [-0.05, 0) is 25.7 Å². The number of rotatable bonds is 2. The largest absolute Gasteiger partial charge is 0.370 e. The van der Waals surface area contributed by atoms with Crippen LogP contribution in [-0.2, 0) is 6.54 Å². The van der Waals surface area contributed by atoms with Crippen LogP contribution in [0.5, 0.6) is 0 Å². The van der Waals surface area contributed by atoms with Crippen molar-refractivity contribution in [3.63, 3.8) is 0 Å². The van der Waals surface area contributed by atoms with Crippen LogP contribution < -0.4 is 5.73 Å². The van der Waals surface area contributed by atoms with E-state index in [4.69, 9.17) is 5.73 Å². The molecule has 1 aromatic rings. The van der Waals surface area contributed by atoms with E-state index in [0.717, 1.165) is 24.7 Å². The average Bonchev–Trinajstić information content (AvgIpc) is 2.73. The molecule has 0 spiro atoms. The predicted octanol–water partition coefficient (Wildman–Crippen LogP) is 2.62. The molecule has 1 aliphatic heterocycles. The number of aliphatic imine (C=N–C) groups is 1. The highest BCUT2D eigenvalue weighted by atomic mass is 127. The van der Waals surface area contributed by atoms with E-state index >= 15 is 0 Å². The smallest absolute Gasteiger partial charge is 0.191 e. The van der Waals surface area contributed by atoms with Crippen molar-refractivity contribution in [1.29, 1.82) is 0 Å². The molecular formula is C12H21IN4S. The Bertz CT molecular complexity index is 397. The predicted molar refractivity (Wildman–Crippen MR) is 87.6 cm³/mol. The van der Waals surface area contributed by atoms with E-state index in [1.165, 1.54) is 17.7 Å². The van der Waals surface area contributed by atoms with Crippen molar-refractivity contribution in [1.82, 2.24) is 9.88 Å². The third kappa shape index (κ3) is 4.08. The van der Waals surface area contributed by atoms with Crippen molar-refractivity contribution >= 4 is 41.3 Å². The zero-order valence-corrected chi connectivity index (χ0v) is 14.1. The Kier molecular flexibility index (Phi) is 6.34. The number of aromatic nitrogens is 1. The zero-order chi connectivity index (χ0) is 12.3. The first kappa shape index (κ1) is 15.7. The van der Waals surface area contributed by atoms with Gasteiger partial charge in [-0.3, -0.25) is 0 Å². The van der Waals surface area contributed by atoms with E-state index in [0.29, 0.717) is 12.5 Å². The summed E-state index contributed by atoms with van der Waals surface area (Å²) in [5.41, 5.74) is 8.95. The second-order valence-electron chi connectivity index (χ2n) is 4.70. The van der Waals surface area contributed by atoms with Gasteiger partial charge in [0.1, 0.15) is 0 Å². The number of guanidine groups is 1. The van der Waals surface area contributed by atoms with Gasteiger partial charge >= 0.3 is 0 Å². The molecule has 0 saturated carbocycles. The van der Waals surface area contributed by atoms with E-state index < -0.39 is 0 Å². The first-order valence-electron chi connectivity index (χ1n) is 6.10. The molecule has 6 heteroatoms. The van der Waals surface area contributed by atoms with Gasteiger partial charge in [-0.25, -0.2) is 9.98 Å². The van der Waals surface area contributed by atoms with Gasteiger partial charge in [0.25, 0.3) is 0 Å². The lowest BCUT2D eigenvalue weighted by Gasteiger charge is -2.30. The zero-order valence-electron chi connectivity index (χ0n) is 10.9. The highest BCUT2D eigenvalue weighted by Crippen LogP contribution is 2.16. The summed E-state index contributed by atoms with van der Waals surface area (Å²) in [6, 6.07) is 0. The summed E-state index contributed by atoms with van der Waals surface area (Å²) in [5, 5.41) is 0. The molecule has 1 aliphatic rings. The molecule has 0 amide bonds. The topological polar surface area (TPSA) is 54.5 Å². The number of hydrogen-bond donors (Lipinski definition) is 1. The number of likely N-dealkylation sites (tertiary alicyclic amines) is 1. The van der Waals surface area contributed by atoms with Crippen molar-refractivity contribution < 1.29 is 0 Å². The average molecular weight is 380 g/mol. The Morgan fingerprint density at radius 2 is 2.22 bits per heavy atom. The van der Waals surface area contributed by atoms with Crippen molar-refractivity contribution in [2.45, 2.75) is 33.2 Å². The van der Waals surface area contributed by atoms with Gasteiger partial charge in [-0.15, -0.1) is 35.3 Å². The number of aryl methyl sites for hydroxylation is 1. The summed E-state index contributed by atoms with van der Waals surface area (Å²) >= 11 is 1.65. The minimum Gasteiger partial charge on any atom is -0.370 e. The van der Waals surface area contributed by atoms with E-state index in [1.807, 2.05) is 12.4 Å². The molecule has 2 heterocycles. The second-order valence-corrected chi connectivity index (χ2v) is 5.64. The summed E-state index contributed by atoms with van der Waals surface area (Å²) in [6.45, 7) is 7.05. The molecule has 102 valence electrons. The molecule has 1 aromatic heterocycles. The van der Waals surface area contributed by atoms with Gasteiger partial charge in [0.2, 0.25) is 0 Å². The molecule has 0 unspecified atom stereocenters. The maximum atomic E-state index is 6.02. The van der Waals surface area contributed by atoms with Crippen molar-refractivity contribution in [3.05, 3.63) is 16.1 Å². The lowest BCUT2D eigenvalue weighted by atomic mass is 10.00. The van der Waals surface area contributed by atoms with Gasteiger partial charge < -0.3 is 10.6 Å². The van der Waals surface area contributed by atoms with Crippen molar-refractivity contribution in [3.8, 4) is 0 Å². The third-order valence-corrected chi connectivity index (χ3v) is 4.26. The summed E-state index contributed by atoms with van der Waals surface area (Å²) in [4.78, 5) is 12.1. The highest BCUT2D eigenvalue weighted by molar-refractivity contribution is 14.0. The molecule has 1 saturated heterocycles. The van der Waals surface area contributed by atoms with Crippen molar-refractivity contribution in [2.24, 2.45) is 16.6 Å². The van der Waals surface area contributed by atoms with Crippen LogP contribution in [0, 0.1) is 12.8 Å². The molecule has 2 N–H and O–H groups in total. The number of hydrogen-bond acceptors (Lipinski definition) is 3. The number of nitrogens with zero attached hydrogens (tertiary/aromatic N) is 3. The second kappa shape index (κ2) is 7.28. The Balaban J connectivity index is 0.00000162. The van der Waals surface area contributed by atoms with E-state index in [-0.39, 0.29) is 24.0 Å². The standard InChI is InChI=1S/C12H20N4S.HI/c1-9-3-5-16(6-4-9)12(13)14-7-11-10(2)15-8-17-11;/h8-9H,3-7H2,1-2H3,(H2,13,14);1H. The molecule has 0 aliphatic carbocycles. The lowest BCUT2D eigenvalue weighted by molar-refractivity contribution is 0.277. The Labute approximate surface area is 130 Å². The van der Waals surface area contributed by atoms with Gasteiger partial charge in [0, 0.05) is 18.0 Å². The number of nitrogens with two attached hydrogens (primary N) is 1. The summed E-state index contributed by atoms with van der Waals surface area (Å²) in [6.07, 6.45) is 2.44. The van der Waals surface area contributed by atoms with E-state index in [2.05, 4.69) is 21.8 Å². The van der Waals surface area contributed by atoms with Crippen LogP contribution in [0.25, 0.3) is 0 Å². The van der Waals surface area contributed by atoms with Crippen LogP contribution in [0.2, 0.25) is 0 Å². The van der Waals surface area contributed by atoms with Gasteiger partial charge in [0.05, 0.1) is 17.7 Å². The lowest BCUT2D eigenvalue weighted by Crippen LogP contribution is -2.42. The quantitative estimate of drug-likeness (QED) is 0.488. The van der Waals surface area contributed by atoms with E-state index in [9.17, 15) is 0 Å². The molecule has 2 rings (SSSR count). The maximum absolute atomic E-state index is 6.02. The molecular weight excluding hydrogens is 359 g/mol. The summed E-state index contributed by atoms with van der Waals surface area (Å²) in [7, 11) is 0. The molecule has 1 fully saturated rings. The molecule has 18 heavy (non-hydrogen) atoms. The number of thiazole rings is 1. The third-order valence-electron chi connectivity index (χ3n) is 3.34. The summed E-state index contributed by atoms with van der Waals surface area (Å²) in [5.74, 6) is 1.51. The Morgan fingerprint density at radius 1 is 1.56 bits per heavy atom. The van der Waals surface area contributed by atoms with Crippen LogP contribution in [-0.4, -0.2) is 28.9 Å². The van der Waals surface area contributed by atoms with Crippen LogP contribution in [0.4, 0.5) is 0 Å². The van der Waals surface area contributed by atoms with Gasteiger partial charge in [-0.1, -0.05) is 6.92 Å². The number of piperidine rings is 1. The molecule has 0 bridgehead atoms. The van der Waals surface area contributed by atoms with Gasteiger partial charge in [-0.2, -0.15) is 0 Å². The fraction of sp³-hybridized carbons (Fsp3) is 0.667. The van der Waals surface area contributed by atoms with Crippen LogP contribution in [0.1, 0.15) is 30.3 Å². The maximum Gasteiger partial charge on any atom is 0.191 e. The number of halogens is 1. The Hall–Kier alpha value is -0.370. The van der Waals surface area contributed by atoms with Crippen LogP contribution >= 0.6 is 35.3 Å².